The summed E-state index contributed by atoms with van der Waals surface area (Å²) in [5.41, 5.74) is 2.18. The SMILES string of the molecule is COc1ccc(CNCCc2ccc(OC3OC(CO)C(O)C(O)C3O)cc2)cc1OC. The normalized spacial score (nSPS) is 25.4. The number of aliphatic hydroxyl groups is 4. The van der Waals surface area contributed by atoms with E-state index in [9.17, 15) is 20.4 Å². The highest BCUT2D eigenvalue weighted by Crippen LogP contribution is 2.27. The van der Waals surface area contributed by atoms with Crippen LogP contribution in [-0.2, 0) is 17.7 Å². The van der Waals surface area contributed by atoms with Crippen LogP contribution in [0.15, 0.2) is 42.5 Å². The van der Waals surface area contributed by atoms with Crippen molar-refractivity contribution < 1.29 is 39.4 Å². The third kappa shape index (κ3) is 5.89. The first-order valence-electron chi connectivity index (χ1n) is 10.4. The van der Waals surface area contributed by atoms with Crippen LogP contribution < -0.4 is 19.5 Å². The summed E-state index contributed by atoms with van der Waals surface area (Å²) in [7, 11) is 3.22. The second kappa shape index (κ2) is 11.5. The molecule has 9 heteroatoms. The fourth-order valence-electron chi connectivity index (χ4n) is 3.49. The summed E-state index contributed by atoms with van der Waals surface area (Å²) >= 11 is 0. The van der Waals surface area contributed by atoms with Crippen LogP contribution in [0.3, 0.4) is 0 Å². The highest BCUT2D eigenvalue weighted by molar-refractivity contribution is 5.42. The molecule has 5 atom stereocenters. The summed E-state index contributed by atoms with van der Waals surface area (Å²) in [6.45, 7) is 0.958. The maximum atomic E-state index is 10.1. The molecule has 0 aliphatic carbocycles. The van der Waals surface area contributed by atoms with E-state index in [2.05, 4.69) is 5.32 Å². The number of aliphatic hydroxyl groups excluding tert-OH is 4. The van der Waals surface area contributed by atoms with Gasteiger partial charge in [0.1, 0.15) is 30.2 Å². The van der Waals surface area contributed by atoms with Gasteiger partial charge >= 0.3 is 0 Å². The average molecular weight is 450 g/mol. The summed E-state index contributed by atoms with van der Waals surface area (Å²) in [5, 5.41) is 42.4. The van der Waals surface area contributed by atoms with Crippen LogP contribution in [0.2, 0.25) is 0 Å². The Balaban J connectivity index is 1.47. The monoisotopic (exact) mass is 449 g/mol. The molecular weight excluding hydrogens is 418 g/mol. The van der Waals surface area contributed by atoms with Crippen molar-refractivity contribution in [1.29, 1.82) is 0 Å². The molecule has 0 saturated carbocycles. The summed E-state index contributed by atoms with van der Waals surface area (Å²) in [6.07, 6.45) is -5.72. The van der Waals surface area contributed by atoms with Crippen LogP contribution in [0.25, 0.3) is 0 Å². The fraction of sp³-hybridized carbons (Fsp3) is 0.478. The molecule has 9 nitrogen and oxygen atoms in total. The number of methoxy groups -OCH3 is 2. The average Bonchev–Trinajstić information content (AvgIpc) is 2.82. The van der Waals surface area contributed by atoms with Crippen LogP contribution in [-0.4, -0.2) is 78.5 Å². The molecule has 5 unspecified atom stereocenters. The lowest BCUT2D eigenvalue weighted by atomic mass is 9.99. The first-order valence-corrected chi connectivity index (χ1v) is 10.4. The van der Waals surface area contributed by atoms with Crippen molar-refractivity contribution in [2.75, 3.05) is 27.4 Å². The Labute approximate surface area is 187 Å². The molecular formula is C23H31NO8. The molecule has 0 bridgehead atoms. The molecule has 1 fully saturated rings. The number of ether oxygens (including phenoxy) is 4. The first kappa shape index (κ1) is 24.2. The minimum Gasteiger partial charge on any atom is -0.493 e. The number of rotatable bonds is 10. The minimum atomic E-state index is -1.47. The molecule has 2 aromatic carbocycles. The van der Waals surface area contributed by atoms with Gasteiger partial charge < -0.3 is 44.7 Å². The topological polar surface area (TPSA) is 130 Å². The Bertz CT molecular complexity index is 844. The predicted molar refractivity (Wildman–Crippen MR) is 116 cm³/mol. The Hall–Kier alpha value is -2.40. The quantitative estimate of drug-likeness (QED) is 0.323. The van der Waals surface area contributed by atoms with E-state index in [1.54, 1.807) is 26.4 Å². The van der Waals surface area contributed by atoms with E-state index < -0.39 is 37.3 Å². The van der Waals surface area contributed by atoms with Crippen LogP contribution in [0, 0.1) is 0 Å². The molecule has 0 radical (unpaired) electrons. The number of hydrogen-bond donors (Lipinski definition) is 5. The van der Waals surface area contributed by atoms with Gasteiger partial charge in [0, 0.05) is 6.54 Å². The van der Waals surface area contributed by atoms with Gasteiger partial charge in [0.15, 0.2) is 11.5 Å². The summed E-state index contributed by atoms with van der Waals surface area (Å²) in [4.78, 5) is 0. The molecule has 3 rings (SSSR count). The zero-order valence-corrected chi connectivity index (χ0v) is 18.2. The highest BCUT2D eigenvalue weighted by atomic mass is 16.7. The van der Waals surface area contributed by atoms with E-state index in [1.807, 2.05) is 30.3 Å². The van der Waals surface area contributed by atoms with E-state index in [1.165, 1.54) is 0 Å². The Morgan fingerprint density at radius 3 is 2.22 bits per heavy atom. The lowest BCUT2D eigenvalue weighted by Crippen LogP contribution is -2.60. The molecule has 1 aliphatic heterocycles. The van der Waals surface area contributed by atoms with Gasteiger partial charge in [0.05, 0.1) is 20.8 Å². The van der Waals surface area contributed by atoms with E-state index in [4.69, 9.17) is 18.9 Å². The van der Waals surface area contributed by atoms with E-state index >= 15 is 0 Å². The lowest BCUT2D eigenvalue weighted by Gasteiger charge is -2.39. The smallest absolute Gasteiger partial charge is 0.229 e. The van der Waals surface area contributed by atoms with Gasteiger partial charge in [-0.15, -0.1) is 0 Å². The Morgan fingerprint density at radius 1 is 0.875 bits per heavy atom. The maximum Gasteiger partial charge on any atom is 0.229 e. The van der Waals surface area contributed by atoms with Gasteiger partial charge in [-0.3, -0.25) is 0 Å². The van der Waals surface area contributed by atoms with Crippen LogP contribution in [0.4, 0.5) is 0 Å². The number of benzene rings is 2. The largest absolute Gasteiger partial charge is 0.493 e. The molecule has 176 valence electrons. The van der Waals surface area contributed by atoms with Gasteiger partial charge in [-0.05, 0) is 48.4 Å². The highest BCUT2D eigenvalue weighted by Gasteiger charge is 2.44. The molecule has 1 aliphatic rings. The van der Waals surface area contributed by atoms with Crippen molar-refractivity contribution in [2.24, 2.45) is 0 Å². The lowest BCUT2D eigenvalue weighted by molar-refractivity contribution is -0.277. The second-order valence-corrected chi connectivity index (χ2v) is 7.58. The van der Waals surface area contributed by atoms with Crippen LogP contribution >= 0.6 is 0 Å². The molecule has 1 heterocycles. The van der Waals surface area contributed by atoms with Crippen LogP contribution in [0.1, 0.15) is 11.1 Å². The molecule has 0 spiro atoms. The zero-order chi connectivity index (χ0) is 23.1. The van der Waals surface area contributed by atoms with Gasteiger partial charge in [-0.1, -0.05) is 18.2 Å². The van der Waals surface area contributed by atoms with Crippen molar-refractivity contribution in [1.82, 2.24) is 5.32 Å². The van der Waals surface area contributed by atoms with Crippen molar-refractivity contribution in [2.45, 2.75) is 43.7 Å². The van der Waals surface area contributed by atoms with Crippen molar-refractivity contribution in [3.05, 3.63) is 53.6 Å². The third-order valence-corrected chi connectivity index (χ3v) is 5.39. The zero-order valence-electron chi connectivity index (χ0n) is 18.2. The summed E-state index contributed by atoms with van der Waals surface area (Å²) < 4.78 is 21.5. The first-order chi connectivity index (χ1) is 15.5. The molecule has 0 aromatic heterocycles. The molecule has 0 amide bonds. The van der Waals surface area contributed by atoms with E-state index in [0.29, 0.717) is 23.8 Å². The fourth-order valence-corrected chi connectivity index (χ4v) is 3.49. The third-order valence-electron chi connectivity index (χ3n) is 5.39. The van der Waals surface area contributed by atoms with E-state index in [0.717, 1.165) is 24.1 Å². The van der Waals surface area contributed by atoms with Crippen molar-refractivity contribution in [3.63, 3.8) is 0 Å². The Kier molecular flexibility index (Phi) is 8.68. The molecule has 2 aromatic rings. The van der Waals surface area contributed by atoms with Gasteiger partial charge in [0.25, 0.3) is 0 Å². The summed E-state index contributed by atoms with van der Waals surface area (Å²) in [5.74, 6) is 1.83. The summed E-state index contributed by atoms with van der Waals surface area (Å²) in [6, 6.07) is 13.1. The second-order valence-electron chi connectivity index (χ2n) is 7.58. The molecule has 32 heavy (non-hydrogen) atoms. The van der Waals surface area contributed by atoms with Crippen molar-refractivity contribution in [3.8, 4) is 17.2 Å². The van der Waals surface area contributed by atoms with Gasteiger partial charge in [-0.25, -0.2) is 0 Å². The predicted octanol–water partition coefficient (Wildman–Crippen LogP) is 0.215. The number of hydrogen-bond acceptors (Lipinski definition) is 9. The Morgan fingerprint density at radius 2 is 1.56 bits per heavy atom. The number of nitrogens with one attached hydrogen (secondary N) is 1. The molecule has 1 saturated heterocycles. The molecule has 5 N–H and O–H groups in total. The van der Waals surface area contributed by atoms with Gasteiger partial charge in [-0.2, -0.15) is 0 Å². The van der Waals surface area contributed by atoms with Crippen LogP contribution in [0.5, 0.6) is 17.2 Å². The standard InChI is InChI=1S/C23H31NO8/c1-29-17-8-5-15(11-18(17)30-2)12-24-10-9-14-3-6-16(7-4-14)31-23-22(28)21(27)20(26)19(13-25)32-23/h3-8,11,19-28H,9-10,12-13H2,1-2H3. The minimum absolute atomic E-state index is 0.441. The van der Waals surface area contributed by atoms with E-state index in [-0.39, 0.29) is 0 Å². The van der Waals surface area contributed by atoms with Gasteiger partial charge in [0.2, 0.25) is 6.29 Å². The maximum absolute atomic E-state index is 10.1. The van der Waals surface area contributed by atoms with Crippen molar-refractivity contribution >= 4 is 0 Å².